The van der Waals surface area contributed by atoms with Crippen LogP contribution in [0.3, 0.4) is 0 Å². The van der Waals surface area contributed by atoms with E-state index in [0.29, 0.717) is 10.6 Å². The third kappa shape index (κ3) is 9.00. The average molecular weight is 728 g/mol. The summed E-state index contributed by atoms with van der Waals surface area (Å²) in [5, 5.41) is 11.4. The molecule has 4 rings (SSSR count). The van der Waals surface area contributed by atoms with Crippen LogP contribution in [0.1, 0.15) is 63.0 Å². The lowest BCUT2D eigenvalue weighted by Crippen LogP contribution is -2.64. The van der Waals surface area contributed by atoms with Crippen molar-refractivity contribution in [3.05, 3.63) is 95.7 Å². The van der Waals surface area contributed by atoms with E-state index in [1.807, 2.05) is 0 Å². The highest BCUT2D eigenvalue weighted by atomic mass is 16.6. The average Bonchev–Trinajstić information content (AvgIpc) is 3.08. The molecule has 3 aromatic carbocycles. The number of hydrazine groups is 1. The Morgan fingerprint density at radius 1 is 0.774 bits per heavy atom. The van der Waals surface area contributed by atoms with Gasteiger partial charge in [-0.15, -0.1) is 0 Å². The number of Topliss-reactive ketones (excluding diaryl/α,β-unsaturated/α-hetero) is 1. The summed E-state index contributed by atoms with van der Waals surface area (Å²) in [7, 11) is 0. The van der Waals surface area contributed by atoms with Crippen LogP contribution in [0.5, 0.6) is 17.2 Å². The van der Waals surface area contributed by atoms with Crippen LogP contribution in [0.4, 0.5) is 0 Å². The van der Waals surface area contributed by atoms with Gasteiger partial charge in [0.2, 0.25) is 11.7 Å². The fourth-order valence-corrected chi connectivity index (χ4v) is 5.77. The molecule has 0 spiro atoms. The van der Waals surface area contributed by atoms with Crippen LogP contribution in [-0.2, 0) is 40.0 Å². The third-order valence-electron chi connectivity index (χ3n) is 7.83. The van der Waals surface area contributed by atoms with Crippen molar-refractivity contribution >= 4 is 53.1 Å². The second kappa shape index (κ2) is 16.6. The first-order valence-electron chi connectivity index (χ1n) is 16.3. The van der Waals surface area contributed by atoms with Crippen molar-refractivity contribution in [2.24, 2.45) is 5.92 Å². The molecular weight excluding hydrogens is 690 g/mol. The van der Waals surface area contributed by atoms with Crippen molar-refractivity contribution < 1.29 is 57.7 Å². The van der Waals surface area contributed by atoms with Gasteiger partial charge in [-0.3, -0.25) is 38.5 Å². The number of carbonyl (C=O) groups excluding carboxylic acids is 7. The van der Waals surface area contributed by atoms with Gasteiger partial charge in [-0.05, 0) is 35.7 Å². The minimum Gasteiger partial charge on any atom is -0.475 e. The van der Waals surface area contributed by atoms with E-state index in [9.17, 15) is 43.5 Å². The summed E-state index contributed by atoms with van der Waals surface area (Å²) >= 11 is 0. The summed E-state index contributed by atoms with van der Waals surface area (Å²) in [5.74, 6) is -10.5. The van der Waals surface area contributed by atoms with Crippen LogP contribution < -0.4 is 14.2 Å². The number of esters is 3. The van der Waals surface area contributed by atoms with Gasteiger partial charge in [0.1, 0.15) is 12.1 Å². The number of hydrogen-bond donors (Lipinski definition) is 1. The number of hydrogen-bond acceptors (Lipinski definition) is 11. The monoisotopic (exact) mass is 727 g/mol. The largest absolute Gasteiger partial charge is 0.475 e. The van der Waals surface area contributed by atoms with Gasteiger partial charge in [0.05, 0.1) is 5.70 Å². The van der Waals surface area contributed by atoms with Crippen LogP contribution in [0.15, 0.2) is 79.0 Å². The van der Waals surface area contributed by atoms with E-state index in [1.54, 1.807) is 62.4 Å². The van der Waals surface area contributed by atoms with E-state index in [0.717, 1.165) is 49.7 Å². The number of ether oxygens (including phenoxy) is 3. The zero-order valence-corrected chi connectivity index (χ0v) is 29.7. The van der Waals surface area contributed by atoms with E-state index in [1.165, 1.54) is 18.3 Å². The second-order valence-corrected chi connectivity index (χ2v) is 12.3. The molecule has 0 saturated carbocycles. The van der Waals surface area contributed by atoms with Crippen molar-refractivity contribution in [3.8, 4) is 17.2 Å². The molecule has 1 aliphatic heterocycles. The molecule has 3 aromatic rings. The molecule has 0 fully saturated rings. The van der Waals surface area contributed by atoms with Crippen LogP contribution in [-0.4, -0.2) is 79.5 Å². The Morgan fingerprint density at radius 3 is 1.74 bits per heavy atom. The molecule has 53 heavy (non-hydrogen) atoms. The summed E-state index contributed by atoms with van der Waals surface area (Å²) < 4.78 is 15.9. The molecule has 0 radical (unpaired) electrons. The Labute approximate surface area is 304 Å². The molecule has 0 bridgehead atoms. The maximum absolute atomic E-state index is 14.9. The fraction of sp³-hybridized carbons (Fsp3) is 0.263. The number of benzene rings is 3. The van der Waals surface area contributed by atoms with Crippen molar-refractivity contribution in [2.45, 2.75) is 60.0 Å². The minimum absolute atomic E-state index is 0.151. The minimum atomic E-state index is -1.88. The van der Waals surface area contributed by atoms with Gasteiger partial charge in [-0.2, -0.15) is 0 Å². The summed E-state index contributed by atoms with van der Waals surface area (Å²) in [6.07, 6.45) is 0.877. The zero-order valence-electron chi connectivity index (χ0n) is 29.7. The van der Waals surface area contributed by atoms with Crippen molar-refractivity contribution in [1.82, 2.24) is 14.9 Å². The highest BCUT2D eigenvalue weighted by molar-refractivity contribution is 6.35. The normalized spacial score (nSPS) is 14.5. The number of amides is 3. The molecule has 0 saturated heterocycles. The predicted molar refractivity (Wildman–Crippen MR) is 186 cm³/mol. The van der Waals surface area contributed by atoms with Gasteiger partial charge in [-0.25, -0.2) is 14.8 Å². The van der Waals surface area contributed by atoms with Crippen molar-refractivity contribution in [1.29, 1.82) is 0 Å². The standard InChI is InChI=1S/C38H37N3O12/c1-21(2)33-37(48)41(40(22(3)42)29(34(46)38(49)50)17-26-13-9-7-10-14-26)30(20-39(33)36(47)27-15-11-8-12-16-27)28-18-31(51-23(4)43)35(53-25(6)45)32(19-28)52-24(5)44/h7-16,18-21,29,33H,17H2,1-6H3,(H,49,50)/t29-,33?/m0/s1. The van der Waals surface area contributed by atoms with Gasteiger partial charge >= 0.3 is 23.9 Å². The highest BCUT2D eigenvalue weighted by Gasteiger charge is 2.47. The molecule has 276 valence electrons. The molecule has 0 aliphatic carbocycles. The molecule has 15 heteroatoms. The van der Waals surface area contributed by atoms with E-state index in [2.05, 4.69) is 0 Å². The number of nitrogens with zero attached hydrogens (tertiary/aromatic N) is 3. The SMILES string of the molecule is CC(=O)Oc1cc(C2=CN(C(=O)c3ccccc3)C(C(C)C)C(=O)N2N(C(C)=O)[C@@H](Cc2ccccc2)C(=O)C(=O)O)cc(OC(C)=O)c1OC(C)=O. The van der Waals surface area contributed by atoms with E-state index in [-0.39, 0.29) is 23.2 Å². The smallest absolute Gasteiger partial charge is 0.374 e. The quantitative estimate of drug-likeness (QED) is 0.161. The number of rotatable bonds is 12. The maximum atomic E-state index is 14.9. The second-order valence-electron chi connectivity index (χ2n) is 12.3. The topological polar surface area (TPSA) is 194 Å². The zero-order chi connectivity index (χ0) is 39.1. The lowest BCUT2D eigenvalue weighted by molar-refractivity contribution is -0.169. The molecule has 0 aromatic heterocycles. The summed E-state index contributed by atoms with van der Waals surface area (Å²) in [6, 6.07) is 15.3. The van der Waals surface area contributed by atoms with Gasteiger partial charge in [-0.1, -0.05) is 62.4 Å². The summed E-state index contributed by atoms with van der Waals surface area (Å²) in [4.78, 5) is 106. The van der Waals surface area contributed by atoms with Crippen LogP contribution in [0.2, 0.25) is 0 Å². The Hall–Kier alpha value is -6.64. The molecule has 1 unspecified atom stereocenters. The molecule has 1 heterocycles. The number of ketones is 1. The summed E-state index contributed by atoms with van der Waals surface area (Å²) in [6.45, 7) is 7.46. The van der Waals surface area contributed by atoms with Crippen molar-refractivity contribution in [3.63, 3.8) is 0 Å². The fourth-order valence-electron chi connectivity index (χ4n) is 5.77. The third-order valence-corrected chi connectivity index (χ3v) is 7.83. The summed E-state index contributed by atoms with van der Waals surface area (Å²) in [5.41, 5.74) is 0.184. The number of carboxylic acids is 1. The van der Waals surface area contributed by atoms with Gasteiger partial charge < -0.3 is 19.3 Å². The Balaban J connectivity index is 2.12. The van der Waals surface area contributed by atoms with E-state index in [4.69, 9.17) is 14.2 Å². The number of carboxylic acid groups (broad SMARTS) is 1. The van der Waals surface area contributed by atoms with E-state index < -0.39 is 82.6 Å². The molecule has 1 N–H and O–H groups in total. The van der Waals surface area contributed by atoms with Crippen LogP contribution in [0, 0.1) is 5.92 Å². The predicted octanol–water partition coefficient (Wildman–Crippen LogP) is 3.80. The molecule has 2 atom stereocenters. The van der Waals surface area contributed by atoms with Gasteiger partial charge in [0.15, 0.2) is 11.5 Å². The first-order valence-corrected chi connectivity index (χ1v) is 16.3. The highest BCUT2D eigenvalue weighted by Crippen LogP contribution is 2.43. The maximum Gasteiger partial charge on any atom is 0.374 e. The van der Waals surface area contributed by atoms with Gasteiger partial charge in [0, 0.05) is 51.4 Å². The van der Waals surface area contributed by atoms with E-state index >= 15 is 0 Å². The molecular formula is C38H37N3O12. The lowest BCUT2D eigenvalue weighted by atomic mass is 9.96. The molecule has 3 amide bonds. The van der Waals surface area contributed by atoms with Crippen molar-refractivity contribution in [2.75, 3.05) is 0 Å². The Bertz CT molecular complexity index is 1950. The van der Waals surface area contributed by atoms with Crippen LogP contribution in [0.25, 0.3) is 5.70 Å². The number of carbonyl (C=O) groups is 8. The lowest BCUT2D eigenvalue weighted by Gasteiger charge is -2.46. The Morgan fingerprint density at radius 2 is 1.28 bits per heavy atom. The molecule has 15 nitrogen and oxygen atoms in total. The first kappa shape index (κ1) is 39.2. The molecule has 1 aliphatic rings. The first-order chi connectivity index (χ1) is 25.0. The Kier molecular flexibility index (Phi) is 12.3. The van der Waals surface area contributed by atoms with Gasteiger partial charge in [0.25, 0.3) is 17.6 Å². The van der Waals surface area contributed by atoms with Crippen LogP contribution >= 0.6 is 0 Å². The number of aliphatic carboxylic acids is 1.